The molecule has 216 valence electrons. The highest BCUT2D eigenvalue weighted by molar-refractivity contribution is 7.45. The Balaban J connectivity index is 1.88. The number of quaternary nitrogens is 1. The molecule has 1 rings (SSSR count). The number of hydrogen-bond donors (Lipinski definition) is 0. The maximum Gasteiger partial charge on any atom is 0.298 e. The average Bonchev–Trinajstić information content (AvgIpc) is 2.81. The number of rotatable bonds is 24. The number of phosphoric ester groups is 1. The number of likely N-dealkylation sites (N-methyl/N-ethyl adjacent to an activating group) is 1. The van der Waals surface area contributed by atoms with E-state index in [9.17, 15) is 9.46 Å². The number of ether oxygens (including phenoxy) is 2. The molecule has 1 aliphatic heterocycles. The molecule has 8 nitrogen and oxygen atoms in total. The summed E-state index contributed by atoms with van der Waals surface area (Å²) in [5, 5.41) is 0. The zero-order chi connectivity index (χ0) is 26.5. The third kappa shape index (κ3) is 20.9. The Morgan fingerprint density at radius 1 is 0.778 bits per heavy atom. The third-order valence-corrected chi connectivity index (χ3v) is 7.36. The van der Waals surface area contributed by atoms with Crippen molar-refractivity contribution < 1.29 is 37.5 Å². The van der Waals surface area contributed by atoms with Gasteiger partial charge in [-0.1, -0.05) is 103 Å². The normalized spacial score (nSPS) is 20.5. The molecule has 1 fully saturated rings. The maximum atomic E-state index is 11.7. The minimum Gasteiger partial charge on any atom is -0.754 e. The summed E-state index contributed by atoms with van der Waals surface area (Å²) in [5.41, 5.74) is 0. The van der Waals surface area contributed by atoms with Crippen molar-refractivity contribution in [2.75, 3.05) is 54.1 Å². The highest BCUT2D eigenvalue weighted by Gasteiger charge is 2.23. The van der Waals surface area contributed by atoms with Crippen LogP contribution in [-0.2, 0) is 28.1 Å². The molecular weight excluding hydrogens is 481 g/mol. The van der Waals surface area contributed by atoms with Gasteiger partial charge in [-0.2, -0.15) is 4.67 Å². The molecule has 9 heteroatoms. The molecule has 0 aliphatic carbocycles. The largest absolute Gasteiger partial charge is 0.754 e. The van der Waals surface area contributed by atoms with E-state index >= 15 is 0 Å². The van der Waals surface area contributed by atoms with Gasteiger partial charge < -0.3 is 23.4 Å². The molecule has 1 unspecified atom stereocenters. The third-order valence-electron chi connectivity index (χ3n) is 6.57. The van der Waals surface area contributed by atoms with Crippen molar-refractivity contribution in [2.24, 2.45) is 0 Å². The first-order valence-corrected chi connectivity index (χ1v) is 16.0. The second-order valence-corrected chi connectivity index (χ2v) is 12.6. The van der Waals surface area contributed by atoms with Gasteiger partial charge in [0.05, 0.1) is 40.5 Å². The minimum absolute atomic E-state index is 0.0173. The van der Waals surface area contributed by atoms with Crippen molar-refractivity contribution in [1.29, 1.82) is 0 Å². The Labute approximate surface area is 221 Å². The van der Waals surface area contributed by atoms with E-state index in [2.05, 4.69) is 11.6 Å². The summed E-state index contributed by atoms with van der Waals surface area (Å²) in [5.74, 6) is 0. The van der Waals surface area contributed by atoms with Gasteiger partial charge in [-0.15, -0.1) is 0 Å². The molecule has 0 N–H and O–H groups in total. The van der Waals surface area contributed by atoms with E-state index in [1.54, 1.807) is 0 Å². The van der Waals surface area contributed by atoms with Gasteiger partial charge in [-0.3, -0.25) is 4.57 Å². The van der Waals surface area contributed by atoms with E-state index in [1.165, 1.54) is 89.9 Å². The van der Waals surface area contributed by atoms with Gasteiger partial charge in [-0.25, -0.2) is 4.89 Å². The molecule has 0 spiro atoms. The lowest BCUT2D eigenvalue weighted by molar-refractivity contribution is -0.870. The maximum absolute atomic E-state index is 11.7. The first-order chi connectivity index (χ1) is 17.2. The summed E-state index contributed by atoms with van der Waals surface area (Å²) in [6.07, 6.45) is 21.2. The minimum atomic E-state index is -4.48. The van der Waals surface area contributed by atoms with Crippen LogP contribution in [0.2, 0.25) is 0 Å². The van der Waals surface area contributed by atoms with E-state index in [0.29, 0.717) is 24.2 Å². The zero-order valence-electron chi connectivity index (χ0n) is 23.8. The van der Waals surface area contributed by atoms with Crippen LogP contribution < -0.4 is 4.89 Å². The number of unbranched alkanes of at least 4 members (excludes halogenated alkanes) is 14. The Bertz CT molecular complexity index is 551. The lowest BCUT2D eigenvalue weighted by Crippen LogP contribution is -2.38. The van der Waals surface area contributed by atoms with Crippen LogP contribution in [0.4, 0.5) is 0 Å². The van der Waals surface area contributed by atoms with Crippen LogP contribution in [0.25, 0.3) is 0 Å². The van der Waals surface area contributed by atoms with Crippen LogP contribution in [0.3, 0.4) is 0 Å². The Kier molecular flexibility index (Phi) is 19.7. The molecule has 0 radical (unpaired) electrons. The van der Waals surface area contributed by atoms with Gasteiger partial charge in [0.15, 0.2) is 0 Å². The van der Waals surface area contributed by atoms with E-state index in [1.807, 2.05) is 21.1 Å². The fraction of sp³-hybridized carbons (Fsp3) is 1.00. The Morgan fingerprint density at radius 3 is 1.72 bits per heavy atom. The highest BCUT2D eigenvalue weighted by atomic mass is 31.2. The van der Waals surface area contributed by atoms with Crippen molar-refractivity contribution >= 4 is 7.82 Å². The molecule has 0 aromatic carbocycles. The summed E-state index contributed by atoms with van der Waals surface area (Å²) in [6.45, 7) is 3.71. The van der Waals surface area contributed by atoms with Crippen LogP contribution in [0, 0.1) is 0 Å². The van der Waals surface area contributed by atoms with Gasteiger partial charge in [0.1, 0.15) is 25.9 Å². The summed E-state index contributed by atoms with van der Waals surface area (Å²) < 4.78 is 33.2. The lowest BCUT2D eigenvalue weighted by Gasteiger charge is -2.30. The number of nitrogens with zero attached hydrogens (tertiary/aromatic N) is 1. The van der Waals surface area contributed by atoms with Gasteiger partial charge >= 0.3 is 0 Å². The smallest absolute Gasteiger partial charge is 0.298 e. The molecule has 0 aromatic rings. The Morgan fingerprint density at radius 2 is 1.25 bits per heavy atom. The summed E-state index contributed by atoms with van der Waals surface area (Å²) >= 11 is 0. The fourth-order valence-corrected chi connectivity index (χ4v) is 4.75. The molecule has 36 heavy (non-hydrogen) atoms. The highest BCUT2D eigenvalue weighted by Crippen LogP contribution is 2.38. The predicted molar refractivity (Wildman–Crippen MR) is 143 cm³/mol. The first-order valence-electron chi connectivity index (χ1n) is 14.5. The van der Waals surface area contributed by atoms with E-state index in [4.69, 9.17) is 18.9 Å². The monoisotopic (exact) mass is 537 g/mol. The van der Waals surface area contributed by atoms with Gasteiger partial charge in [0.25, 0.3) is 7.82 Å². The van der Waals surface area contributed by atoms with Crippen molar-refractivity contribution in [1.82, 2.24) is 0 Å². The van der Waals surface area contributed by atoms with Crippen molar-refractivity contribution in [3.8, 4) is 0 Å². The molecule has 0 aromatic heterocycles. The van der Waals surface area contributed by atoms with Crippen molar-refractivity contribution in [2.45, 2.75) is 122 Å². The molecule has 0 saturated carbocycles. The predicted octanol–water partition coefficient (Wildman–Crippen LogP) is 6.17. The summed E-state index contributed by atoms with van der Waals surface area (Å²) in [4.78, 5) is 16.5. The second-order valence-electron chi connectivity index (χ2n) is 11.3. The average molecular weight is 538 g/mol. The zero-order valence-corrected chi connectivity index (χ0v) is 24.7. The van der Waals surface area contributed by atoms with Crippen molar-refractivity contribution in [3.05, 3.63) is 0 Å². The SMILES string of the molecule is CCCCCCCCCCCCCCCCC[C@H]1CO[C@@H](COOP(=O)([O-])OCC[N+](C)(C)C)CO1. The van der Waals surface area contributed by atoms with Crippen LogP contribution in [0.15, 0.2) is 0 Å². The van der Waals surface area contributed by atoms with Gasteiger partial charge in [-0.05, 0) is 6.42 Å². The van der Waals surface area contributed by atoms with Crippen LogP contribution in [0.1, 0.15) is 110 Å². The van der Waals surface area contributed by atoms with Gasteiger partial charge in [0.2, 0.25) is 0 Å². The van der Waals surface area contributed by atoms with E-state index in [0.717, 1.165) is 12.8 Å². The topological polar surface area (TPSA) is 86.3 Å². The molecule has 1 saturated heterocycles. The number of phosphoric acid groups is 1. The van der Waals surface area contributed by atoms with Crippen LogP contribution >= 0.6 is 7.82 Å². The van der Waals surface area contributed by atoms with E-state index in [-0.39, 0.29) is 25.4 Å². The molecule has 1 aliphatic rings. The summed E-state index contributed by atoms with van der Waals surface area (Å²) in [6, 6.07) is 0. The lowest BCUT2D eigenvalue weighted by atomic mass is 10.0. The fourth-order valence-electron chi connectivity index (χ4n) is 4.21. The molecule has 0 amide bonds. The molecule has 1 heterocycles. The molecular formula is C27H56NO7P. The molecule has 0 bridgehead atoms. The Hall–Kier alpha value is -0.0500. The quantitative estimate of drug-likeness (QED) is 0.0478. The van der Waals surface area contributed by atoms with E-state index < -0.39 is 7.82 Å². The summed E-state index contributed by atoms with van der Waals surface area (Å²) in [7, 11) is 1.37. The molecule has 3 atom stereocenters. The first kappa shape index (κ1) is 34.0. The standard InChI is InChI=1S/C27H56NO7P/c1-5-6-7-8-9-10-11-12-13-14-15-16-17-18-19-20-26-23-32-27(24-31-26)25-33-35-36(29,30)34-22-21-28(2,3)4/h26-27H,5-25H2,1-4H3/t26-,27+/m0/s1. The number of hydrogen-bond acceptors (Lipinski definition) is 7. The second kappa shape index (κ2) is 20.9. The van der Waals surface area contributed by atoms with Crippen molar-refractivity contribution in [3.63, 3.8) is 0 Å². The van der Waals surface area contributed by atoms with Crippen LogP contribution in [0.5, 0.6) is 0 Å². The van der Waals surface area contributed by atoms with Crippen LogP contribution in [-0.4, -0.2) is 70.8 Å². The van der Waals surface area contributed by atoms with Gasteiger partial charge in [0, 0.05) is 0 Å².